The molecule has 1 rings (SSSR count). The lowest BCUT2D eigenvalue weighted by atomic mass is 9.75. The standard InChI is InChI=1S/C16H24O2/c1-11(2)12-9-8-10-13(16(6,7)18-17)14(12)15(3,4)5/h8-10,17H,1H2,2-7H3. The molecule has 0 aliphatic carbocycles. The van der Waals surface area contributed by atoms with Crippen molar-refractivity contribution in [2.24, 2.45) is 0 Å². The SMILES string of the molecule is C=C(C)c1cccc(C(C)(C)OO)c1C(C)(C)C. The van der Waals surface area contributed by atoms with Crippen molar-refractivity contribution in [3.63, 3.8) is 0 Å². The Morgan fingerprint density at radius 3 is 2.11 bits per heavy atom. The third kappa shape index (κ3) is 2.82. The summed E-state index contributed by atoms with van der Waals surface area (Å²) in [5.74, 6) is 0. The van der Waals surface area contributed by atoms with E-state index >= 15 is 0 Å². The maximum absolute atomic E-state index is 9.14. The van der Waals surface area contributed by atoms with Crippen molar-refractivity contribution in [1.82, 2.24) is 0 Å². The van der Waals surface area contributed by atoms with Gasteiger partial charge in [0.05, 0.1) is 0 Å². The van der Waals surface area contributed by atoms with E-state index in [-0.39, 0.29) is 5.41 Å². The first-order valence-corrected chi connectivity index (χ1v) is 6.23. The Bertz CT molecular complexity index is 451. The van der Waals surface area contributed by atoms with Gasteiger partial charge in [-0.15, -0.1) is 0 Å². The first kappa shape index (κ1) is 14.9. The summed E-state index contributed by atoms with van der Waals surface area (Å²) >= 11 is 0. The molecule has 1 N–H and O–H groups in total. The summed E-state index contributed by atoms with van der Waals surface area (Å²) in [5, 5.41) is 9.14. The summed E-state index contributed by atoms with van der Waals surface area (Å²) in [6, 6.07) is 6.05. The van der Waals surface area contributed by atoms with E-state index in [1.165, 1.54) is 5.56 Å². The summed E-state index contributed by atoms with van der Waals surface area (Å²) in [5.41, 5.74) is 3.56. The zero-order valence-corrected chi connectivity index (χ0v) is 12.3. The average molecular weight is 248 g/mol. The van der Waals surface area contributed by atoms with Gasteiger partial charge < -0.3 is 0 Å². The highest BCUT2D eigenvalue weighted by Gasteiger charge is 2.31. The highest BCUT2D eigenvalue weighted by Crippen LogP contribution is 2.38. The summed E-state index contributed by atoms with van der Waals surface area (Å²) in [6.07, 6.45) is 0. The van der Waals surface area contributed by atoms with Crippen molar-refractivity contribution in [3.8, 4) is 0 Å². The molecule has 0 fully saturated rings. The van der Waals surface area contributed by atoms with Crippen LogP contribution in [0.1, 0.15) is 58.2 Å². The van der Waals surface area contributed by atoms with E-state index in [4.69, 9.17) is 5.26 Å². The van der Waals surface area contributed by atoms with Crippen LogP contribution in [-0.2, 0) is 15.9 Å². The first-order chi connectivity index (χ1) is 8.11. The lowest BCUT2D eigenvalue weighted by Crippen LogP contribution is -2.27. The lowest BCUT2D eigenvalue weighted by Gasteiger charge is -2.32. The molecular formula is C16H24O2. The third-order valence-electron chi connectivity index (χ3n) is 3.15. The molecule has 0 heterocycles. The van der Waals surface area contributed by atoms with Gasteiger partial charge in [-0.2, -0.15) is 0 Å². The fourth-order valence-electron chi connectivity index (χ4n) is 2.27. The largest absolute Gasteiger partial charge is 0.251 e. The minimum absolute atomic E-state index is 0.0410. The maximum Gasteiger partial charge on any atom is 0.123 e. The molecule has 0 saturated carbocycles. The van der Waals surface area contributed by atoms with E-state index in [1.54, 1.807) is 0 Å². The van der Waals surface area contributed by atoms with Crippen LogP contribution in [0.25, 0.3) is 5.57 Å². The van der Waals surface area contributed by atoms with Crippen molar-refractivity contribution >= 4 is 5.57 Å². The molecule has 0 aromatic heterocycles. The van der Waals surface area contributed by atoms with Crippen molar-refractivity contribution in [3.05, 3.63) is 41.5 Å². The number of benzene rings is 1. The normalized spacial score (nSPS) is 12.6. The van der Waals surface area contributed by atoms with Crippen LogP contribution < -0.4 is 0 Å². The fourth-order valence-corrected chi connectivity index (χ4v) is 2.27. The molecule has 2 nitrogen and oxygen atoms in total. The Kier molecular flexibility index (Phi) is 4.04. The van der Waals surface area contributed by atoms with Gasteiger partial charge in [-0.3, -0.25) is 5.26 Å². The van der Waals surface area contributed by atoms with Gasteiger partial charge >= 0.3 is 0 Å². The number of hydrogen-bond acceptors (Lipinski definition) is 2. The molecule has 0 unspecified atom stereocenters. The molecule has 2 heteroatoms. The molecule has 100 valence electrons. The Hall–Kier alpha value is -1.12. The highest BCUT2D eigenvalue weighted by molar-refractivity contribution is 5.67. The van der Waals surface area contributed by atoms with E-state index < -0.39 is 5.60 Å². The van der Waals surface area contributed by atoms with Crippen molar-refractivity contribution < 1.29 is 10.1 Å². The van der Waals surface area contributed by atoms with Gasteiger partial charge in [0.15, 0.2) is 0 Å². The van der Waals surface area contributed by atoms with Crippen LogP contribution in [0.5, 0.6) is 0 Å². The molecule has 0 radical (unpaired) electrons. The van der Waals surface area contributed by atoms with Gasteiger partial charge in [0.1, 0.15) is 5.60 Å². The van der Waals surface area contributed by atoms with Crippen molar-refractivity contribution in [2.45, 2.75) is 52.6 Å². The minimum atomic E-state index is -0.728. The van der Waals surface area contributed by atoms with Crippen LogP contribution in [-0.4, -0.2) is 5.26 Å². The van der Waals surface area contributed by atoms with Crippen LogP contribution in [0.3, 0.4) is 0 Å². The van der Waals surface area contributed by atoms with E-state index in [0.717, 1.165) is 16.7 Å². The quantitative estimate of drug-likeness (QED) is 0.618. The number of hydrogen-bond donors (Lipinski definition) is 1. The zero-order valence-electron chi connectivity index (χ0n) is 12.3. The third-order valence-corrected chi connectivity index (χ3v) is 3.15. The molecule has 0 spiro atoms. The molecule has 0 atom stereocenters. The predicted molar refractivity (Wildman–Crippen MR) is 76.6 cm³/mol. The van der Waals surface area contributed by atoms with Gasteiger partial charge in [-0.1, -0.05) is 51.1 Å². The van der Waals surface area contributed by atoms with E-state index in [1.807, 2.05) is 32.9 Å². The molecule has 0 amide bonds. The smallest absolute Gasteiger partial charge is 0.123 e. The average Bonchev–Trinajstić information content (AvgIpc) is 2.26. The predicted octanol–water partition coefficient (Wildman–Crippen LogP) is 4.74. The van der Waals surface area contributed by atoms with Crippen molar-refractivity contribution in [1.29, 1.82) is 0 Å². The molecule has 0 aliphatic heterocycles. The first-order valence-electron chi connectivity index (χ1n) is 6.23. The molecule has 0 bridgehead atoms. The topological polar surface area (TPSA) is 29.5 Å². The zero-order chi connectivity index (χ0) is 14.1. The van der Waals surface area contributed by atoms with Gasteiger partial charge in [-0.05, 0) is 42.9 Å². The van der Waals surface area contributed by atoms with Gasteiger partial charge in [0.25, 0.3) is 0 Å². The Labute approximate surface area is 110 Å². The van der Waals surface area contributed by atoms with Crippen LogP contribution in [0, 0.1) is 0 Å². The van der Waals surface area contributed by atoms with Crippen molar-refractivity contribution in [2.75, 3.05) is 0 Å². The van der Waals surface area contributed by atoms with Crippen LogP contribution in [0.15, 0.2) is 24.8 Å². The van der Waals surface area contributed by atoms with Gasteiger partial charge in [0.2, 0.25) is 0 Å². The summed E-state index contributed by atoms with van der Waals surface area (Å²) in [6.45, 7) is 16.2. The molecule has 0 saturated heterocycles. The second-order valence-electron chi connectivity index (χ2n) is 6.36. The Balaban J connectivity index is 3.64. The van der Waals surface area contributed by atoms with E-state index in [0.29, 0.717) is 0 Å². The molecular weight excluding hydrogens is 224 g/mol. The lowest BCUT2D eigenvalue weighted by molar-refractivity contribution is -0.318. The summed E-state index contributed by atoms with van der Waals surface area (Å²) in [4.78, 5) is 4.66. The van der Waals surface area contributed by atoms with Gasteiger partial charge in [0, 0.05) is 0 Å². The van der Waals surface area contributed by atoms with Crippen LogP contribution in [0.2, 0.25) is 0 Å². The molecule has 1 aromatic rings. The Morgan fingerprint density at radius 2 is 1.72 bits per heavy atom. The highest BCUT2D eigenvalue weighted by atomic mass is 17.1. The van der Waals surface area contributed by atoms with Crippen LogP contribution in [0.4, 0.5) is 0 Å². The molecule has 1 aromatic carbocycles. The van der Waals surface area contributed by atoms with E-state index in [9.17, 15) is 0 Å². The number of allylic oxidation sites excluding steroid dienone is 1. The van der Waals surface area contributed by atoms with Gasteiger partial charge in [-0.25, -0.2) is 4.89 Å². The van der Waals surface area contributed by atoms with E-state index in [2.05, 4.69) is 38.3 Å². The van der Waals surface area contributed by atoms with Crippen LogP contribution >= 0.6 is 0 Å². The second-order valence-corrected chi connectivity index (χ2v) is 6.36. The molecule has 18 heavy (non-hydrogen) atoms. The Morgan fingerprint density at radius 1 is 1.17 bits per heavy atom. The number of rotatable bonds is 3. The maximum atomic E-state index is 9.14. The minimum Gasteiger partial charge on any atom is -0.251 e. The molecule has 0 aliphatic rings. The summed E-state index contributed by atoms with van der Waals surface area (Å²) in [7, 11) is 0. The summed E-state index contributed by atoms with van der Waals surface area (Å²) < 4.78 is 0. The fraction of sp³-hybridized carbons (Fsp3) is 0.500. The monoisotopic (exact) mass is 248 g/mol. The second kappa shape index (κ2) is 4.87.